The molecule has 11 heteroatoms. The first-order valence-electron chi connectivity index (χ1n) is 10.1. The maximum absolute atomic E-state index is 12.9. The summed E-state index contributed by atoms with van der Waals surface area (Å²) in [7, 11) is 0. The summed E-state index contributed by atoms with van der Waals surface area (Å²) in [5, 5.41) is 9.03. The average molecular weight is 479 g/mol. The van der Waals surface area contributed by atoms with Crippen LogP contribution in [0.5, 0.6) is 5.75 Å². The SMILES string of the molecule is O=C(COc1ccc(F)cc1)NNC(=O)CSc1nnc(-c2cccnc2)n1-c1ccccc1. The molecule has 0 aliphatic rings. The highest BCUT2D eigenvalue weighted by atomic mass is 32.2. The van der Waals surface area contributed by atoms with Crippen molar-refractivity contribution in [3.8, 4) is 22.8 Å². The molecular formula is C23H19FN6O3S. The Bertz CT molecular complexity index is 1250. The van der Waals surface area contributed by atoms with Gasteiger partial charge in [0.25, 0.3) is 5.91 Å². The minimum atomic E-state index is -0.561. The number of pyridine rings is 1. The number of para-hydroxylation sites is 1. The summed E-state index contributed by atoms with van der Waals surface area (Å²) in [6, 6.07) is 18.5. The summed E-state index contributed by atoms with van der Waals surface area (Å²) in [6.45, 7) is -0.337. The van der Waals surface area contributed by atoms with Crippen molar-refractivity contribution in [2.75, 3.05) is 12.4 Å². The molecule has 0 aliphatic carbocycles. The average Bonchev–Trinajstić information content (AvgIpc) is 3.31. The van der Waals surface area contributed by atoms with E-state index in [9.17, 15) is 14.0 Å². The maximum Gasteiger partial charge on any atom is 0.276 e. The fraction of sp³-hybridized carbons (Fsp3) is 0.0870. The van der Waals surface area contributed by atoms with E-state index in [1.165, 1.54) is 36.0 Å². The van der Waals surface area contributed by atoms with Crippen molar-refractivity contribution in [3.63, 3.8) is 0 Å². The number of halogens is 1. The Labute approximate surface area is 198 Å². The van der Waals surface area contributed by atoms with Crippen LogP contribution >= 0.6 is 11.8 Å². The third-order valence-electron chi connectivity index (χ3n) is 4.42. The van der Waals surface area contributed by atoms with E-state index in [0.29, 0.717) is 16.7 Å². The van der Waals surface area contributed by atoms with Crippen LogP contribution in [-0.4, -0.2) is 43.9 Å². The van der Waals surface area contributed by atoms with Crippen LogP contribution in [0, 0.1) is 5.82 Å². The van der Waals surface area contributed by atoms with Crippen LogP contribution in [0.25, 0.3) is 17.1 Å². The molecule has 4 aromatic rings. The molecule has 2 N–H and O–H groups in total. The van der Waals surface area contributed by atoms with Gasteiger partial charge in [-0.2, -0.15) is 0 Å². The van der Waals surface area contributed by atoms with Gasteiger partial charge in [-0.05, 0) is 48.5 Å². The molecule has 0 spiro atoms. The van der Waals surface area contributed by atoms with Crippen LogP contribution in [0.4, 0.5) is 4.39 Å². The lowest BCUT2D eigenvalue weighted by Gasteiger charge is -2.11. The van der Waals surface area contributed by atoms with Crippen LogP contribution in [0.2, 0.25) is 0 Å². The number of ether oxygens (including phenoxy) is 1. The lowest BCUT2D eigenvalue weighted by Crippen LogP contribution is -2.44. The Kier molecular flexibility index (Phi) is 7.45. The Morgan fingerprint density at radius 3 is 2.44 bits per heavy atom. The molecule has 2 amide bonds. The number of hydrogen-bond acceptors (Lipinski definition) is 7. The first-order chi connectivity index (χ1) is 16.6. The normalized spacial score (nSPS) is 10.5. The zero-order chi connectivity index (χ0) is 23.8. The number of aromatic nitrogens is 4. The highest BCUT2D eigenvalue weighted by Crippen LogP contribution is 2.27. The van der Waals surface area contributed by atoms with Crippen LogP contribution in [0.3, 0.4) is 0 Å². The number of rotatable bonds is 8. The first kappa shape index (κ1) is 22.9. The Morgan fingerprint density at radius 2 is 1.71 bits per heavy atom. The topological polar surface area (TPSA) is 111 Å². The molecule has 0 atom stereocenters. The van der Waals surface area contributed by atoms with Crippen LogP contribution in [0.1, 0.15) is 0 Å². The zero-order valence-corrected chi connectivity index (χ0v) is 18.5. The molecule has 2 aromatic carbocycles. The number of thioether (sulfide) groups is 1. The van der Waals surface area contributed by atoms with Crippen molar-refractivity contribution >= 4 is 23.6 Å². The number of carbonyl (C=O) groups is 2. The molecular weight excluding hydrogens is 459 g/mol. The summed E-state index contributed by atoms with van der Waals surface area (Å²) < 4.78 is 20.0. The van der Waals surface area contributed by atoms with Gasteiger partial charge in [-0.15, -0.1) is 10.2 Å². The molecule has 0 bridgehead atoms. The van der Waals surface area contributed by atoms with E-state index in [2.05, 4.69) is 26.0 Å². The highest BCUT2D eigenvalue weighted by Gasteiger charge is 2.17. The van der Waals surface area contributed by atoms with Crippen molar-refractivity contribution < 1.29 is 18.7 Å². The van der Waals surface area contributed by atoms with E-state index in [1.807, 2.05) is 47.0 Å². The molecule has 0 radical (unpaired) electrons. The molecule has 0 aliphatic heterocycles. The van der Waals surface area contributed by atoms with E-state index < -0.39 is 17.6 Å². The number of amides is 2. The van der Waals surface area contributed by atoms with Crippen molar-refractivity contribution in [1.29, 1.82) is 0 Å². The predicted octanol–water partition coefficient (Wildman–Crippen LogP) is 2.79. The van der Waals surface area contributed by atoms with E-state index in [0.717, 1.165) is 11.3 Å². The van der Waals surface area contributed by atoms with Crippen molar-refractivity contribution in [1.82, 2.24) is 30.6 Å². The molecule has 9 nitrogen and oxygen atoms in total. The third-order valence-corrected chi connectivity index (χ3v) is 5.35. The van der Waals surface area contributed by atoms with Gasteiger partial charge in [-0.25, -0.2) is 4.39 Å². The van der Waals surface area contributed by atoms with Gasteiger partial charge in [-0.1, -0.05) is 30.0 Å². The van der Waals surface area contributed by atoms with E-state index in [1.54, 1.807) is 12.4 Å². The Hall–Kier alpha value is -4.25. The molecule has 4 rings (SSSR count). The first-order valence-corrected chi connectivity index (χ1v) is 11.1. The molecule has 0 saturated carbocycles. The van der Waals surface area contributed by atoms with Crippen LogP contribution < -0.4 is 15.6 Å². The van der Waals surface area contributed by atoms with E-state index in [4.69, 9.17) is 4.74 Å². The number of benzene rings is 2. The molecule has 34 heavy (non-hydrogen) atoms. The van der Waals surface area contributed by atoms with Crippen molar-refractivity contribution in [3.05, 3.63) is 84.9 Å². The maximum atomic E-state index is 12.9. The summed E-state index contributed by atoms with van der Waals surface area (Å²) in [4.78, 5) is 28.3. The Balaban J connectivity index is 1.35. The second-order valence-electron chi connectivity index (χ2n) is 6.85. The molecule has 0 unspecified atom stereocenters. The van der Waals surface area contributed by atoms with Crippen LogP contribution in [0.15, 0.2) is 84.3 Å². The third kappa shape index (κ3) is 5.95. The zero-order valence-electron chi connectivity index (χ0n) is 17.7. The molecule has 0 fully saturated rings. The van der Waals surface area contributed by atoms with Crippen molar-refractivity contribution in [2.24, 2.45) is 0 Å². The minimum Gasteiger partial charge on any atom is -0.484 e. The van der Waals surface area contributed by atoms with Crippen LogP contribution in [-0.2, 0) is 9.59 Å². The number of hydrazine groups is 1. The fourth-order valence-corrected chi connectivity index (χ4v) is 3.63. The van der Waals surface area contributed by atoms with Crippen molar-refractivity contribution in [2.45, 2.75) is 5.16 Å². The van der Waals surface area contributed by atoms with Gasteiger partial charge in [0.2, 0.25) is 5.91 Å². The Morgan fingerprint density at radius 1 is 0.941 bits per heavy atom. The predicted molar refractivity (Wildman–Crippen MR) is 123 cm³/mol. The van der Waals surface area contributed by atoms with Gasteiger partial charge in [0.05, 0.1) is 5.75 Å². The summed E-state index contributed by atoms with van der Waals surface area (Å²) in [5.74, 6) is -0.495. The van der Waals surface area contributed by atoms with E-state index >= 15 is 0 Å². The quantitative estimate of drug-likeness (QED) is 0.296. The molecule has 0 saturated heterocycles. The minimum absolute atomic E-state index is 0.0168. The largest absolute Gasteiger partial charge is 0.484 e. The second-order valence-corrected chi connectivity index (χ2v) is 7.79. The fourth-order valence-electron chi connectivity index (χ4n) is 2.88. The number of nitrogens with one attached hydrogen (secondary N) is 2. The highest BCUT2D eigenvalue weighted by molar-refractivity contribution is 7.99. The molecule has 172 valence electrons. The number of carbonyl (C=O) groups excluding carboxylic acids is 2. The van der Waals surface area contributed by atoms with Gasteiger partial charge in [0, 0.05) is 23.6 Å². The lowest BCUT2D eigenvalue weighted by molar-refractivity contribution is -0.128. The smallest absolute Gasteiger partial charge is 0.276 e. The molecule has 2 aromatic heterocycles. The lowest BCUT2D eigenvalue weighted by atomic mass is 10.2. The monoisotopic (exact) mass is 478 g/mol. The van der Waals surface area contributed by atoms with Gasteiger partial charge < -0.3 is 4.74 Å². The van der Waals surface area contributed by atoms with Gasteiger partial charge in [-0.3, -0.25) is 30.0 Å². The second kappa shape index (κ2) is 11.1. The van der Waals surface area contributed by atoms with Gasteiger partial charge in [0.15, 0.2) is 17.6 Å². The van der Waals surface area contributed by atoms with Gasteiger partial charge >= 0.3 is 0 Å². The molecule has 2 heterocycles. The summed E-state index contributed by atoms with van der Waals surface area (Å²) in [6.07, 6.45) is 3.36. The summed E-state index contributed by atoms with van der Waals surface area (Å²) in [5.41, 5.74) is 6.22. The summed E-state index contributed by atoms with van der Waals surface area (Å²) >= 11 is 1.17. The number of nitrogens with zero attached hydrogens (tertiary/aromatic N) is 4. The van der Waals surface area contributed by atoms with Gasteiger partial charge in [0.1, 0.15) is 11.6 Å². The van der Waals surface area contributed by atoms with E-state index in [-0.39, 0.29) is 12.4 Å². The number of hydrogen-bond donors (Lipinski definition) is 2. The standard InChI is InChI=1S/C23H19FN6O3S/c24-17-8-10-19(11-9-17)33-14-20(31)26-27-21(32)15-34-23-29-28-22(16-5-4-12-25-13-16)30(23)18-6-2-1-3-7-18/h1-13H,14-15H2,(H,26,31)(H,27,32).